The zero-order chi connectivity index (χ0) is 9.56. The molecule has 0 heterocycles. The van der Waals surface area contributed by atoms with Crippen LogP contribution < -0.4 is 0 Å². The lowest BCUT2D eigenvalue weighted by molar-refractivity contribution is -0.144. The molecule has 12 heavy (non-hydrogen) atoms. The molecule has 0 bridgehead atoms. The monoisotopic (exact) mass is 170 g/mol. The molecule has 0 aliphatic carbocycles. The van der Waals surface area contributed by atoms with Gasteiger partial charge in [-0.3, -0.25) is 4.79 Å². The zero-order valence-corrected chi connectivity index (χ0v) is 7.16. The molecule has 2 atom stereocenters. The number of aliphatic hydroxyl groups is 1. The summed E-state index contributed by atoms with van der Waals surface area (Å²) in [6.07, 6.45) is 5.94. The van der Waals surface area contributed by atoms with Gasteiger partial charge in [0.25, 0.3) is 0 Å². The molecular formula is C9H14O3. The van der Waals surface area contributed by atoms with E-state index < -0.39 is 18.0 Å². The van der Waals surface area contributed by atoms with Crippen LogP contribution in [0, 0.1) is 18.3 Å². The third-order valence-corrected chi connectivity index (χ3v) is 1.79. The summed E-state index contributed by atoms with van der Waals surface area (Å²) in [7, 11) is 0. The topological polar surface area (TPSA) is 57.5 Å². The Balaban J connectivity index is 3.65. The van der Waals surface area contributed by atoms with E-state index in [9.17, 15) is 9.90 Å². The number of carbonyl (C=O) groups is 1. The van der Waals surface area contributed by atoms with E-state index in [1.165, 1.54) is 6.92 Å². The number of aliphatic hydroxyl groups excluding tert-OH is 1. The van der Waals surface area contributed by atoms with Gasteiger partial charge in [0.1, 0.15) is 0 Å². The molecule has 0 aliphatic heterocycles. The van der Waals surface area contributed by atoms with Crippen molar-refractivity contribution in [1.29, 1.82) is 0 Å². The Morgan fingerprint density at radius 3 is 2.67 bits per heavy atom. The van der Waals surface area contributed by atoms with Crippen LogP contribution in [0.3, 0.4) is 0 Å². The minimum atomic E-state index is -0.969. The summed E-state index contributed by atoms with van der Waals surface area (Å²) in [6, 6.07) is 0. The molecule has 0 saturated heterocycles. The fourth-order valence-corrected chi connectivity index (χ4v) is 0.828. The number of unbranched alkanes of at least 4 members (excludes halogenated alkanes) is 1. The van der Waals surface area contributed by atoms with Crippen LogP contribution in [0.15, 0.2) is 0 Å². The van der Waals surface area contributed by atoms with Gasteiger partial charge in [-0.1, -0.05) is 0 Å². The van der Waals surface area contributed by atoms with Gasteiger partial charge in [-0.05, 0) is 19.8 Å². The number of carboxylic acids is 1. The lowest BCUT2D eigenvalue weighted by atomic mass is 10.00. The molecule has 0 spiro atoms. The second-order valence-electron chi connectivity index (χ2n) is 2.79. The first kappa shape index (κ1) is 11.0. The van der Waals surface area contributed by atoms with Crippen molar-refractivity contribution >= 4 is 5.97 Å². The largest absolute Gasteiger partial charge is 0.481 e. The molecule has 0 aromatic heterocycles. The Kier molecular flexibility index (Phi) is 5.14. The third-order valence-electron chi connectivity index (χ3n) is 1.79. The predicted octanol–water partition coefficient (Wildman–Crippen LogP) is 0.871. The summed E-state index contributed by atoms with van der Waals surface area (Å²) in [6.45, 7) is 1.49. The van der Waals surface area contributed by atoms with Crippen molar-refractivity contribution in [3.63, 3.8) is 0 Å². The lowest BCUT2D eigenvalue weighted by Crippen LogP contribution is -2.25. The average molecular weight is 170 g/mol. The minimum absolute atomic E-state index is 0.456. The smallest absolute Gasteiger partial charge is 0.308 e. The van der Waals surface area contributed by atoms with E-state index in [-0.39, 0.29) is 0 Å². The highest BCUT2D eigenvalue weighted by molar-refractivity contribution is 5.70. The van der Waals surface area contributed by atoms with Gasteiger partial charge in [0, 0.05) is 6.42 Å². The molecule has 0 rings (SSSR count). The number of carboxylic acid groups (broad SMARTS) is 1. The molecule has 0 fully saturated rings. The molecule has 0 aliphatic rings. The van der Waals surface area contributed by atoms with Crippen LogP contribution in [0.2, 0.25) is 0 Å². The fourth-order valence-electron chi connectivity index (χ4n) is 0.828. The van der Waals surface area contributed by atoms with Crippen LogP contribution in [-0.2, 0) is 4.79 Å². The van der Waals surface area contributed by atoms with Gasteiger partial charge in [-0.15, -0.1) is 12.3 Å². The van der Waals surface area contributed by atoms with Crippen molar-refractivity contribution in [3.8, 4) is 12.3 Å². The molecule has 68 valence electrons. The van der Waals surface area contributed by atoms with Crippen LogP contribution in [0.1, 0.15) is 26.2 Å². The predicted molar refractivity (Wildman–Crippen MR) is 45.5 cm³/mol. The molecule has 3 nitrogen and oxygen atoms in total. The van der Waals surface area contributed by atoms with Crippen molar-refractivity contribution in [2.75, 3.05) is 0 Å². The van der Waals surface area contributed by atoms with Crippen LogP contribution >= 0.6 is 0 Å². The lowest BCUT2D eigenvalue weighted by Gasteiger charge is -2.13. The quantitative estimate of drug-likeness (QED) is 0.475. The van der Waals surface area contributed by atoms with Gasteiger partial charge in [-0.25, -0.2) is 0 Å². The van der Waals surface area contributed by atoms with E-state index in [4.69, 9.17) is 11.5 Å². The van der Waals surface area contributed by atoms with Gasteiger partial charge in [0.05, 0.1) is 12.0 Å². The maximum absolute atomic E-state index is 10.4. The first-order valence-electron chi connectivity index (χ1n) is 3.94. The Morgan fingerprint density at radius 2 is 2.25 bits per heavy atom. The van der Waals surface area contributed by atoms with Crippen LogP contribution in [-0.4, -0.2) is 22.3 Å². The van der Waals surface area contributed by atoms with Crippen molar-refractivity contribution in [2.45, 2.75) is 32.3 Å². The van der Waals surface area contributed by atoms with Crippen molar-refractivity contribution in [1.82, 2.24) is 0 Å². The van der Waals surface area contributed by atoms with E-state index in [1.807, 2.05) is 0 Å². The Morgan fingerprint density at radius 1 is 1.67 bits per heavy atom. The van der Waals surface area contributed by atoms with Gasteiger partial charge < -0.3 is 10.2 Å². The second kappa shape index (κ2) is 5.62. The van der Waals surface area contributed by atoms with Gasteiger partial charge in [0.15, 0.2) is 0 Å². The molecular weight excluding hydrogens is 156 g/mol. The summed E-state index contributed by atoms with van der Waals surface area (Å²) in [4.78, 5) is 10.4. The summed E-state index contributed by atoms with van der Waals surface area (Å²) >= 11 is 0. The maximum atomic E-state index is 10.4. The third kappa shape index (κ3) is 3.99. The first-order chi connectivity index (χ1) is 5.59. The number of aliphatic carboxylic acids is 1. The Bertz CT molecular complexity index is 181. The number of rotatable bonds is 5. The normalized spacial score (nSPS) is 14.8. The van der Waals surface area contributed by atoms with Crippen LogP contribution in [0.25, 0.3) is 0 Å². The van der Waals surface area contributed by atoms with Crippen molar-refractivity contribution in [3.05, 3.63) is 0 Å². The standard InChI is InChI=1S/C9H14O3/c1-3-4-5-6-8(10)7(2)9(11)12/h1,7-8,10H,4-6H2,2H3,(H,11,12)/t7-,8+/m1/s1. The summed E-state index contributed by atoms with van der Waals surface area (Å²) < 4.78 is 0. The van der Waals surface area contributed by atoms with E-state index in [0.717, 1.165) is 0 Å². The highest BCUT2D eigenvalue weighted by Crippen LogP contribution is 2.10. The first-order valence-corrected chi connectivity index (χ1v) is 3.94. The minimum Gasteiger partial charge on any atom is -0.481 e. The van der Waals surface area contributed by atoms with Gasteiger partial charge in [0.2, 0.25) is 0 Å². The molecule has 2 N–H and O–H groups in total. The number of hydrogen-bond donors (Lipinski definition) is 2. The average Bonchev–Trinajstić information content (AvgIpc) is 2.03. The Hall–Kier alpha value is -1.01. The number of hydrogen-bond acceptors (Lipinski definition) is 2. The summed E-state index contributed by atoms with van der Waals surface area (Å²) in [5.41, 5.74) is 0. The van der Waals surface area contributed by atoms with Crippen molar-refractivity contribution in [2.24, 2.45) is 5.92 Å². The SMILES string of the molecule is C#CCCC[C@H](O)[C@@H](C)C(=O)O. The van der Waals surface area contributed by atoms with E-state index >= 15 is 0 Å². The van der Waals surface area contributed by atoms with Gasteiger partial charge in [-0.2, -0.15) is 0 Å². The maximum Gasteiger partial charge on any atom is 0.308 e. The van der Waals surface area contributed by atoms with E-state index in [1.54, 1.807) is 0 Å². The highest BCUT2D eigenvalue weighted by atomic mass is 16.4. The molecule has 0 aromatic rings. The zero-order valence-electron chi connectivity index (χ0n) is 7.16. The molecule has 0 amide bonds. The summed E-state index contributed by atoms with van der Waals surface area (Å²) in [5, 5.41) is 17.8. The molecule has 0 saturated carbocycles. The van der Waals surface area contributed by atoms with E-state index in [2.05, 4.69) is 5.92 Å². The van der Waals surface area contributed by atoms with Crippen molar-refractivity contribution < 1.29 is 15.0 Å². The number of terminal acetylenes is 1. The summed E-state index contributed by atoms with van der Waals surface area (Å²) in [5.74, 6) is 0.758. The molecule has 0 aromatic carbocycles. The van der Waals surface area contributed by atoms with E-state index in [0.29, 0.717) is 19.3 Å². The highest BCUT2D eigenvalue weighted by Gasteiger charge is 2.20. The van der Waals surface area contributed by atoms with Crippen LogP contribution in [0.4, 0.5) is 0 Å². The van der Waals surface area contributed by atoms with Crippen LogP contribution in [0.5, 0.6) is 0 Å². The Labute approximate surface area is 72.4 Å². The molecule has 3 heteroatoms. The molecule has 0 radical (unpaired) electrons. The fraction of sp³-hybridized carbons (Fsp3) is 0.667. The van der Waals surface area contributed by atoms with Gasteiger partial charge >= 0.3 is 5.97 Å². The second-order valence-corrected chi connectivity index (χ2v) is 2.79. The molecule has 0 unspecified atom stereocenters.